The number of nitrogens with zero attached hydrogens (tertiary/aromatic N) is 1. The van der Waals surface area contributed by atoms with Gasteiger partial charge in [-0.1, -0.05) is 6.58 Å². The number of ether oxygens (including phenoxy) is 2. The van der Waals surface area contributed by atoms with Gasteiger partial charge in [-0.05, 0) is 25.1 Å². The van der Waals surface area contributed by atoms with Crippen LogP contribution in [0.25, 0.3) is 0 Å². The molecule has 1 fully saturated rings. The first-order valence-electron chi connectivity index (χ1n) is 6.18. The van der Waals surface area contributed by atoms with Crippen molar-refractivity contribution in [3.63, 3.8) is 0 Å². The fourth-order valence-electron chi connectivity index (χ4n) is 1.93. The smallest absolute Gasteiger partial charge is 0.257 e. The van der Waals surface area contributed by atoms with Crippen molar-refractivity contribution in [1.82, 2.24) is 4.90 Å². The summed E-state index contributed by atoms with van der Waals surface area (Å²) in [5.74, 6) is 0.922. The van der Waals surface area contributed by atoms with Gasteiger partial charge >= 0.3 is 0 Å². The molecule has 2 rings (SSSR count). The van der Waals surface area contributed by atoms with Crippen molar-refractivity contribution in [2.75, 3.05) is 32.0 Å². The molecule has 1 aliphatic rings. The van der Waals surface area contributed by atoms with Crippen LogP contribution in [0.15, 0.2) is 30.5 Å². The van der Waals surface area contributed by atoms with E-state index in [0.717, 1.165) is 0 Å². The lowest BCUT2D eigenvalue weighted by Crippen LogP contribution is -2.40. The number of hydrogen-bond acceptors (Lipinski definition) is 4. The number of nitrogens with two attached hydrogens (primary N) is 1. The lowest BCUT2D eigenvalue weighted by molar-refractivity contribution is 0.0301. The van der Waals surface area contributed by atoms with Gasteiger partial charge < -0.3 is 20.1 Å². The quantitative estimate of drug-likeness (QED) is 0.685. The second-order valence-electron chi connectivity index (χ2n) is 4.46. The molecule has 6 heteroatoms. The van der Waals surface area contributed by atoms with Crippen LogP contribution in [-0.2, 0) is 4.74 Å². The lowest BCUT2D eigenvalue weighted by atomic mass is 10.1. The standard InChI is InChI=1S/C14H18N2O3.ClH/c1-10(2)19-13-4-3-11(15)9-12(13)14(17)16-5-7-18-8-6-16;/h3-4,9H,1,5-8,15H2,2H3;1H. The van der Waals surface area contributed by atoms with Gasteiger partial charge in [0, 0.05) is 18.8 Å². The molecule has 0 bridgehead atoms. The molecule has 0 aliphatic carbocycles. The van der Waals surface area contributed by atoms with Gasteiger partial charge in [-0.25, -0.2) is 0 Å². The zero-order valence-electron chi connectivity index (χ0n) is 11.4. The molecule has 110 valence electrons. The summed E-state index contributed by atoms with van der Waals surface area (Å²) in [7, 11) is 0. The van der Waals surface area contributed by atoms with Gasteiger partial charge in [-0.15, -0.1) is 12.4 Å². The highest BCUT2D eigenvalue weighted by atomic mass is 35.5. The zero-order chi connectivity index (χ0) is 13.8. The third kappa shape index (κ3) is 3.88. The molecule has 0 unspecified atom stereocenters. The summed E-state index contributed by atoms with van der Waals surface area (Å²) >= 11 is 0. The Morgan fingerprint density at radius 1 is 1.40 bits per heavy atom. The summed E-state index contributed by atoms with van der Waals surface area (Å²) in [5, 5.41) is 0. The minimum absolute atomic E-state index is 0. The number of anilines is 1. The van der Waals surface area contributed by atoms with E-state index in [1.54, 1.807) is 30.0 Å². The molecular formula is C14H19ClN2O3. The third-order valence-corrected chi connectivity index (χ3v) is 2.82. The molecule has 0 aromatic heterocycles. The van der Waals surface area contributed by atoms with Crippen LogP contribution in [-0.4, -0.2) is 37.1 Å². The van der Waals surface area contributed by atoms with E-state index in [1.807, 2.05) is 0 Å². The number of nitrogen functional groups attached to an aromatic ring is 1. The normalized spacial score (nSPS) is 14.3. The summed E-state index contributed by atoms with van der Waals surface area (Å²) in [6, 6.07) is 5.03. The first-order chi connectivity index (χ1) is 9.08. The highest BCUT2D eigenvalue weighted by Crippen LogP contribution is 2.25. The van der Waals surface area contributed by atoms with Crippen molar-refractivity contribution in [3.05, 3.63) is 36.1 Å². The molecule has 2 N–H and O–H groups in total. The fraction of sp³-hybridized carbons (Fsp3) is 0.357. The number of halogens is 1. The van der Waals surface area contributed by atoms with E-state index in [4.69, 9.17) is 15.2 Å². The molecule has 1 saturated heterocycles. The second kappa shape index (κ2) is 7.17. The van der Waals surface area contributed by atoms with E-state index in [1.165, 1.54) is 0 Å². The van der Waals surface area contributed by atoms with Crippen LogP contribution in [0.1, 0.15) is 17.3 Å². The molecule has 1 aliphatic heterocycles. The van der Waals surface area contributed by atoms with Crippen molar-refractivity contribution in [2.45, 2.75) is 6.92 Å². The first-order valence-corrected chi connectivity index (χ1v) is 6.18. The summed E-state index contributed by atoms with van der Waals surface area (Å²) in [6.45, 7) is 7.71. The molecule has 0 radical (unpaired) electrons. The van der Waals surface area contributed by atoms with Crippen molar-refractivity contribution >= 4 is 24.0 Å². The Morgan fingerprint density at radius 3 is 2.65 bits per heavy atom. The fourth-order valence-corrected chi connectivity index (χ4v) is 1.93. The maximum Gasteiger partial charge on any atom is 0.257 e. The first kappa shape index (κ1) is 16.3. The molecule has 1 aromatic rings. The number of amides is 1. The molecule has 1 aromatic carbocycles. The Bertz CT molecular complexity index is 499. The van der Waals surface area contributed by atoms with E-state index < -0.39 is 0 Å². The number of benzene rings is 1. The van der Waals surface area contributed by atoms with Crippen LogP contribution >= 0.6 is 12.4 Å². The summed E-state index contributed by atoms with van der Waals surface area (Å²) in [6.07, 6.45) is 0. The Labute approximate surface area is 124 Å². The van der Waals surface area contributed by atoms with Crippen molar-refractivity contribution in [3.8, 4) is 5.75 Å². The van der Waals surface area contributed by atoms with Crippen LogP contribution < -0.4 is 10.5 Å². The Morgan fingerprint density at radius 2 is 2.05 bits per heavy atom. The molecule has 0 spiro atoms. The SMILES string of the molecule is C=C(C)Oc1ccc(N)cc1C(=O)N1CCOCC1.Cl. The second-order valence-corrected chi connectivity index (χ2v) is 4.46. The van der Waals surface area contributed by atoms with Crippen molar-refractivity contribution in [2.24, 2.45) is 0 Å². The topological polar surface area (TPSA) is 64.8 Å². The molecule has 1 heterocycles. The van der Waals surface area contributed by atoms with Crippen LogP contribution in [0.3, 0.4) is 0 Å². The average Bonchev–Trinajstić information content (AvgIpc) is 2.40. The number of rotatable bonds is 3. The number of carbonyl (C=O) groups excluding carboxylic acids is 1. The predicted molar refractivity (Wildman–Crippen MR) is 80.3 cm³/mol. The minimum atomic E-state index is -0.0909. The van der Waals surface area contributed by atoms with Crippen LogP contribution in [0.4, 0.5) is 5.69 Å². The van der Waals surface area contributed by atoms with Crippen LogP contribution in [0.2, 0.25) is 0 Å². The van der Waals surface area contributed by atoms with E-state index in [9.17, 15) is 4.79 Å². The summed E-state index contributed by atoms with van der Waals surface area (Å²) in [5.41, 5.74) is 6.75. The molecule has 1 amide bonds. The predicted octanol–water partition coefficient (Wildman–Crippen LogP) is 2.08. The number of morpholine rings is 1. The summed E-state index contributed by atoms with van der Waals surface area (Å²) in [4.78, 5) is 14.2. The van der Waals surface area contributed by atoms with E-state index in [2.05, 4.69) is 6.58 Å². The van der Waals surface area contributed by atoms with E-state index in [-0.39, 0.29) is 18.3 Å². The highest BCUT2D eigenvalue weighted by Gasteiger charge is 2.22. The third-order valence-electron chi connectivity index (χ3n) is 2.82. The maximum atomic E-state index is 12.5. The van der Waals surface area contributed by atoms with Gasteiger partial charge in [0.2, 0.25) is 0 Å². The van der Waals surface area contributed by atoms with Gasteiger partial charge in [0.25, 0.3) is 5.91 Å². The number of hydrogen-bond donors (Lipinski definition) is 1. The molecule has 0 saturated carbocycles. The summed E-state index contributed by atoms with van der Waals surface area (Å²) < 4.78 is 10.7. The monoisotopic (exact) mass is 298 g/mol. The van der Waals surface area contributed by atoms with Crippen molar-refractivity contribution < 1.29 is 14.3 Å². The highest BCUT2D eigenvalue weighted by molar-refractivity contribution is 5.98. The largest absolute Gasteiger partial charge is 0.462 e. The molecule has 20 heavy (non-hydrogen) atoms. The van der Waals surface area contributed by atoms with Gasteiger partial charge in [0.1, 0.15) is 5.75 Å². The average molecular weight is 299 g/mol. The lowest BCUT2D eigenvalue weighted by Gasteiger charge is -2.27. The molecule has 5 nitrogen and oxygen atoms in total. The number of allylic oxidation sites excluding steroid dienone is 1. The van der Waals surface area contributed by atoms with Gasteiger partial charge in [0.15, 0.2) is 0 Å². The Hall–Kier alpha value is -1.72. The van der Waals surface area contributed by atoms with E-state index in [0.29, 0.717) is 49.1 Å². The molecular weight excluding hydrogens is 280 g/mol. The van der Waals surface area contributed by atoms with Crippen molar-refractivity contribution in [1.29, 1.82) is 0 Å². The maximum absolute atomic E-state index is 12.5. The Kier molecular flexibility index (Phi) is 5.85. The van der Waals surface area contributed by atoms with Crippen LogP contribution in [0.5, 0.6) is 5.75 Å². The van der Waals surface area contributed by atoms with Gasteiger partial charge in [0.05, 0.1) is 24.5 Å². The zero-order valence-corrected chi connectivity index (χ0v) is 12.2. The van der Waals surface area contributed by atoms with Gasteiger partial charge in [-0.2, -0.15) is 0 Å². The number of carbonyl (C=O) groups is 1. The minimum Gasteiger partial charge on any atom is -0.462 e. The van der Waals surface area contributed by atoms with Gasteiger partial charge in [-0.3, -0.25) is 4.79 Å². The Balaban J connectivity index is 0.00000200. The van der Waals surface area contributed by atoms with Crippen LogP contribution in [0, 0.1) is 0 Å². The molecule has 0 atom stereocenters. The van der Waals surface area contributed by atoms with E-state index >= 15 is 0 Å².